The highest BCUT2D eigenvalue weighted by Gasteiger charge is 2.29. The largest absolute Gasteiger partial charge is 0.396 e. The maximum atomic E-state index is 11.3. The van der Waals surface area contributed by atoms with E-state index in [0.717, 1.165) is 6.42 Å². The summed E-state index contributed by atoms with van der Waals surface area (Å²) in [6, 6.07) is 0. The lowest BCUT2D eigenvalue weighted by Crippen LogP contribution is -2.37. The van der Waals surface area contributed by atoms with Crippen LogP contribution in [0.4, 0.5) is 0 Å². The van der Waals surface area contributed by atoms with E-state index in [1.807, 2.05) is 13.8 Å². The normalized spacial score (nSPS) is 31.8. The van der Waals surface area contributed by atoms with Gasteiger partial charge in [-0.25, -0.2) is 0 Å². The Balaban J connectivity index is 2.51. The first-order valence-corrected chi connectivity index (χ1v) is 4.95. The maximum absolute atomic E-state index is 11.3. The number of rotatable bonds is 3. The molecule has 0 unspecified atom stereocenters. The summed E-state index contributed by atoms with van der Waals surface area (Å²) in [5.41, 5.74) is 0. The SMILES string of the molecule is CC[C@@H]1CC(=O)C[C@H]([C@H](C)CO)O1. The zero-order valence-electron chi connectivity index (χ0n) is 8.32. The number of Topliss-reactive ketones (excluding diaryl/α,β-unsaturated/α-hetero) is 1. The Hall–Kier alpha value is -0.410. The fourth-order valence-corrected chi connectivity index (χ4v) is 1.60. The Kier molecular flexibility index (Phi) is 3.88. The average molecular weight is 186 g/mol. The summed E-state index contributed by atoms with van der Waals surface area (Å²) in [5.74, 6) is 0.335. The van der Waals surface area contributed by atoms with Crippen molar-refractivity contribution in [3.8, 4) is 0 Å². The number of carbonyl (C=O) groups is 1. The van der Waals surface area contributed by atoms with Gasteiger partial charge in [0.2, 0.25) is 0 Å². The van der Waals surface area contributed by atoms with Gasteiger partial charge in [-0.1, -0.05) is 13.8 Å². The van der Waals surface area contributed by atoms with Crippen molar-refractivity contribution < 1.29 is 14.6 Å². The number of aliphatic hydroxyl groups is 1. The molecule has 1 rings (SSSR count). The number of aliphatic hydroxyl groups excluding tert-OH is 1. The Morgan fingerprint density at radius 2 is 2.31 bits per heavy atom. The molecule has 1 aliphatic rings. The van der Waals surface area contributed by atoms with Crippen LogP contribution in [0.25, 0.3) is 0 Å². The van der Waals surface area contributed by atoms with Gasteiger partial charge in [0, 0.05) is 25.4 Å². The van der Waals surface area contributed by atoms with Crippen LogP contribution >= 0.6 is 0 Å². The first-order chi connectivity index (χ1) is 6.17. The number of carbonyl (C=O) groups excluding carboxylic acids is 1. The first-order valence-electron chi connectivity index (χ1n) is 4.95. The molecule has 13 heavy (non-hydrogen) atoms. The fourth-order valence-electron chi connectivity index (χ4n) is 1.60. The summed E-state index contributed by atoms with van der Waals surface area (Å²) in [4.78, 5) is 11.3. The second-order valence-electron chi connectivity index (χ2n) is 3.81. The lowest BCUT2D eigenvalue weighted by molar-refractivity contribution is -0.140. The van der Waals surface area contributed by atoms with Crippen LogP contribution in [0, 0.1) is 5.92 Å². The zero-order valence-corrected chi connectivity index (χ0v) is 8.32. The van der Waals surface area contributed by atoms with Gasteiger partial charge in [0.1, 0.15) is 5.78 Å². The third-order valence-electron chi connectivity index (χ3n) is 2.63. The van der Waals surface area contributed by atoms with Crippen LogP contribution in [-0.2, 0) is 9.53 Å². The van der Waals surface area contributed by atoms with Crippen molar-refractivity contribution in [2.45, 2.75) is 45.3 Å². The van der Waals surface area contributed by atoms with E-state index >= 15 is 0 Å². The van der Waals surface area contributed by atoms with E-state index in [1.165, 1.54) is 0 Å². The summed E-state index contributed by atoms with van der Waals surface area (Å²) >= 11 is 0. The molecule has 3 nitrogen and oxygen atoms in total. The number of hydrogen-bond acceptors (Lipinski definition) is 3. The van der Waals surface area contributed by atoms with Crippen LogP contribution < -0.4 is 0 Å². The smallest absolute Gasteiger partial charge is 0.138 e. The molecule has 0 aliphatic carbocycles. The first kappa shape index (κ1) is 10.7. The van der Waals surface area contributed by atoms with Gasteiger partial charge in [-0.15, -0.1) is 0 Å². The molecule has 0 aromatic carbocycles. The van der Waals surface area contributed by atoms with Gasteiger partial charge in [0.05, 0.1) is 12.2 Å². The van der Waals surface area contributed by atoms with Gasteiger partial charge < -0.3 is 9.84 Å². The lowest BCUT2D eigenvalue weighted by Gasteiger charge is -2.31. The van der Waals surface area contributed by atoms with Crippen molar-refractivity contribution in [1.82, 2.24) is 0 Å². The second kappa shape index (κ2) is 4.72. The molecule has 0 aromatic heterocycles. The van der Waals surface area contributed by atoms with E-state index < -0.39 is 0 Å². The molecule has 1 fully saturated rings. The average Bonchev–Trinajstić information content (AvgIpc) is 2.15. The van der Waals surface area contributed by atoms with Gasteiger partial charge in [-0.2, -0.15) is 0 Å². The van der Waals surface area contributed by atoms with Crippen LogP contribution in [0.1, 0.15) is 33.1 Å². The molecule has 0 aromatic rings. The van der Waals surface area contributed by atoms with E-state index in [9.17, 15) is 4.79 Å². The molecule has 1 heterocycles. The molecule has 3 heteroatoms. The Morgan fingerprint density at radius 3 is 2.85 bits per heavy atom. The molecule has 0 saturated carbocycles. The molecule has 1 saturated heterocycles. The van der Waals surface area contributed by atoms with E-state index in [2.05, 4.69) is 0 Å². The molecule has 1 aliphatic heterocycles. The lowest BCUT2D eigenvalue weighted by atomic mass is 9.94. The molecular weight excluding hydrogens is 168 g/mol. The van der Waals surface area contributed by atoms with Crippen molar-refractivity contribution >= 4 is 5.78 Å². The van der Waals surface area contributed by atoms with E-state index in [1.54, 1.807) is 0 Å². The number of hydrogen-bond donors (Lipinski definition) is 1. The summed E-state index contributed by atoms with van der Waals surface area (Å²) in [6.07, 6.45) is 1.89. The number of ketones is 1. The van der Waals surface area contributed by atoms with Crippen molar-refractivity contribution in [2.24, 2.45) is 5.92 Å². The predicted molar refractivity (Wildman–Crippen MR) is 49.4 cm³/mol. The van der Waals surface area contributed by atoms with Gasteiger partial charge >= 0.3 is 0 Å². The van der Waals surface area contributed by atoms with Crippen molar-refractivity contribution in [3.63, 3.8) is 0 Å². The van der Waals surface area contributed by atoms with Gasteiger partial charge in [-0.3, -0.25) is 4.79 Å². The topological polar surface area (TPSA) is 46.5 Å². The van der Waals surface area contributed by atoms with E-state index in [4.69, 9.17) is 9.84 Å². The standard InChI is InChI=1S/C10H18O3/c1-3-9-4-8(12)5-10(13-9)7(2)6-11/h7,9-11H,3-6H2,1-2H3/t7-,9-,10-/m1/s1. The minimum absolute atomic E-state index is 0.0679. The van der Waals surface area contributed by atoms with Crippen LogP contribution in [-0.4, -0.2) is 29.7 Å². The highest BCUT2D eigenvalue weighted by molar-refractivity contribution is 5.80. The minimum atomic E-state index is -0.0730. The number of ether oxygens (including phenoxy) is 1. The van der Waals surface area contributed by atoms with Crippen molar-refractivity contribution in [3.05, 3.63) is 0 Å². The zero-order chi connectivity index (χ0) is 9.84. The summed E-state index contributed by atoms with van der Waals surface area (Å²) in [5, 5.41) is 8.94. The molecule has 76 valence electrons. The van der Waals surface area contributed by atoms with E-state index in [-0.39, 0.29) is 30.5 Å². The predicted octanol–water partition coefficient (Wildman–Crippen LogP) is 1.14. The van der Waals surface area contributed by atoms with Gasteiger partial charge in [0.25, 0.3) is 0 Å². The van der Waals surface area contributed by atoms with Gasteiger partial charge in [-0.05, 0) is 6.42 Å². The quantitative estimate of drug-likeness (QED) is 0.719. The summed E-state index contributed by atoms with van der Waals surface area (Å²) < 4.78 is 5.68. The van der Waals surface area contributed by atoms with Crippen LogP contribution in [0.2, 0.25) is 0 Å². The summed E-state index contributed by atoms with van der Waals surface area (Å²) in [7, 11) is 0. The minimum Gasteiger partial charge on any atom is -0.396 e. The third-order valence-corrected chi connectivity index (χ3v) is 2.63. The van der Waals surface area contributed by atoms with Crippen molar-refractivity contribution in [2.75, 3.05) is 6.61 Å². The van der Waals surface area contributed by atoms with Gasteiger partial charge in [0.15, 0.2) is 0 Å². The third kappa shape index (κ3) is 2.78. The van der Waals surface area contributed by atoms with E-state index in [0.29, 0.717) is 12.8 Å². The second-order valence-corrected chi connectivity index (χ2v) is 3.81. The highest BCUT2D eigenvalue weighted by Crippen LogP contribution is 2.23. The van der Waals surface area contributed by atoms with Crippen LogP contribution in [0.5, 0.6) is 0 Å². The molecule has 0 spiro atoms. The fraction of sp³-hybridized carbons (Fsp3) is 0.900. The van der Waals surface area contributed by atoms with Crippen LogP contribution in [0.3, 0.4) is 0 Å². The Morgan fingerprint density at radius 1 is 1.62 bits per heavy atom. The molecule has 0 radical (unpaired) electrons. The molecule has 1 N–H and O–H groups in total. The summed E-state index contributed by atoms with van der Waals surface area (Å²) in [6.45, 7) is 4.02. The van der Waals surface area contributed by atoms with Crippen LogP contribution in [0.15, 0.2) is 0 Å². The highest BCUT2D eigenvalue weighted by atomic mass is 16.5. The molecule has 0 bridgehead atoms. The molecular formula is C10H18O3. The van der Waals surface area contributed by atoms with Crippen molar-refractivity contribution in [1.29, 1.82) is 0 Å². The maximum Gasteiger partial charge on any atom is 0.138 e. The molecule has 0 amide bonds. The monoisotopic (exact) mass is 186 g/mol. The Bertz CT molecular complexity index is 179. The Labute approximate surface area is 79.1 Å². The molecule has 3 atom stereocenters.